The van der Waals surface area contributed by atoms with Crippen molar-refractivity contribution in [2.24, 2.45) is 4.36 Å². The molecular weight excluding hydrogens is 296 g/mol. The lowest BCUT2D eigenvalue weighted by Crippen LogP contribution is -2.41. The normalized spacial score (nSPS) is 21.5. The first kappa shape index (κ1) is 15.5. The van der Waals surface area contributed by atoms with Gasteiger partial charge < -0.3 is 9.47 Å². The Morgan fingerprint density at radius 3 is 2.73 bits per heavy atom. The first-order valence-electron chi connectivity index (χ1n) is 7.46. The summed E-state index contributed by atoms with van der Waals surface area (Å²) in [6, 6.07) is 6.16. The summed E-state index contributed by atoms with van der Waals surface area (Å²) in [4.78, 5) is 3.07. The number of nitrogens with zero attached hydrogens (tertiary/aromatic N) is 3. The number of benzene rings is 1. The quantitative estimate of drug-likeness (QED) is 0.944. The van der Waals surface area contributed by atoms with Crippen LogP contribution in [0.15, 0.2) is 33.7 Å². The monoisotopic (exact) mass is 320 g/mol. The van der Waals surface area contributed by atoms with Crippen molar-refractivity contribution in [2.45, 2.75) is 37.4 Å². The van der Waals surface area contributed by atoms with Crippen LogP contribution in [0.5, 0.6) is 0 Å². The average Bonchev–Trinajstić information content (AvgIpc) is 3.01. The summed E-state index contributed by atoms with van der Waals surface area (Å²) >= 11 is 0. The molecule has 120 valence electrons. The molecule has 0 saturated carbocycles. The number of rotatable bonds is 3. The molecule has 0 amide bonds. The van der Waals surface area contributed by atoms with Crippen molar-refractivity contribution < 1.29 is 4.21 Å². The van der Waals surface area contributed by atoms with E-state index in [1.165, 1.54) is 10.9 Å². The Bertz CT molecular complexity index is 841. The van der Waals surface area contributed by atoms with Crippen LogP contribution in [0.2, 0.25) is 0 Å². The maximum atomic E-state index is 12.7. The van der Waals surface area contributed by atoms with Crippen LogP contribution >= 0.6 is 0 Å². The third kappa shape index (κ3) is 2.26. The molecule has 0 aliphatic carbocycles. The predicted molar refractivity (Wildman–Crippen MR) is 91.3 cm³/mol. The number of fused-ring (bicyclic) bond motifs is 3. The van der Waals surface area contributed by atoms with Gasteiger partial charge in [0.15, 0.2) is 0 Å². The van der Waals surface area contributed by atoms with Gasteiger partial charge in [-0.05, 0) is 51.7 Å². The zero-order chi connectivity index (χ0) is 16.1. The highest BCUT2D eigenvalue weighted by atomic mass is 32.2. The Balaban J connectivity index is 2.11. The van der Waals surface area contributed by atoms with E-state index in [0.29, 0.717) is 6.54 Å². The van der Waals surface area contributed by atoms with Crippen LogP contribution in [-0.4, -0.2) is 40.4 Å². The molecule has 0 saturated heterocycles. The molecule has 1 aliphatic rings. The van der Waals surface area contributed by atoms with E-state index in [1.54, 1.807) is 7.05 Å². The van der Waals surface area contributed by atoms with Crippen molar-refractivity contribution >= 4 is 20.8 Å². The second-order valence-corrected chi connectivity index (χ2v) is 8.80. The van der Waals surface area contributed by atoms with Gasteiger partial charge in [-0.2, -0.15) is 0 Å². The van der Waals surface area contributed by atoms with Crippen LogP contribution in [0.4, 0.5) is 0 Å². The molecule has 1 aromatic heterocycles. The molecule has 1 aliphatic heterocycles. The molecule has 0 radical (unpaired) electrons. The minimum Gasteiger partial charge on any atom is -0.346 e. The maximum absolute atomic E-state index is 12.7. The van der Waals surface area contributed by atoms with Gasteiger partial charge in [-0.1, -0.05) is 0 Å². The van der Waals surface area contributed by atoms with Crippen LogP contribution in [0.3, 0.4) is 0 Å². The molecule has 1 atom stereocenters. The minimum atomic E-state index is -2.42. The molecule has 1 aromatic carbocycles. The Morgan fingerprint density at radius 2 is 2.09 bits per heavy atom. The van der Waals surface area contributed by atoms with E-state index < -0.39 is 9.92 Å². The fraction of sp³-hybridized carbons (Fsp3) is 0.500. The summed E-state index contributed by atoms with van der Waals surface area (Å²) in [5.74, 6) is 0. The lowest BCUT2D eigenvalue weighted by molar-refractivity contribution is 0.171. The smallest absolute Gasteiger partial charge is 0.137 e. The minimum absolute atomic E-state index is 0.0650. The molecule has 6 heteroatoms. The van der Waals surface area contributed by atoms with E-state index in [0.717, 1.165) is 17.0 Å². The topological polar surface area (TPSA) is 49.6 Å². The number of likely N-dealkylation sites (N-methyl/N-ethyl adjacent to an activating group) is 1. The molecular formula is C16H24N4OS. The molecule has 0 bridgehead atoms. The average molecular weight is 320 g/mol. The van der Waals surface area contributed by atoms with Gasteiger partial charge in [0.1, 0.15) is 9.92 Å². The fourth-order valence-electron chi connectivity index (χ4n) is 2.86. The number of nitrogens with one attached hydrogen (secondary N) is 1. The molecule has 0 spiro atoms. The largest absolute Gasteiger partial charge is 0.346 e. The van der Waals surface area contributed by atoms with Crippen molar-refractivity contribution in [1.29, 1.82) is 0 Å². The van der Waals surface area contributed by atoms with Gasteiger partial charge in [0, 0.05) is 42.8 Å². The Labute approximate surface area is 132 Å². The van der Waals surface area contributed by atoms with Gasteiger partial charge in [0.05, 0.1) is 4.90 Å². The Morgan fingerprint density at radius 1 is 1.36 bits per heavy atom. The van der Waals surface area contributed by atoms with E-state index in [-0.39, 0.29) is 5.54 Å². The molecule has 1 N–H and O–H groups in total. The van der Waals surface area contributed by atoms with Crippen molar-refractivity contribution in [3.05, 3.63) is 30.0 Å². The van der Waals surface area contributed by atoms with Crippen LogP contribution in [0.25, 0.3) is 10.9 Å². The van der Waals surface area contributed by atoms with Gasteiger partial charge in [0.2, 0.25) is 0 Å². The van der Waals surface area contributed by atoms with E-state index in [9.17, 15) is 4.21 Å². The molecule has 2 heterocycles. The molecule has 5 nitrogen and oxygen atoms in total. The second kappa shape index (κ2) is 5.08. The molecule has 3 rings (SSSR count). The van der Waals surface area contributed by atoms with Crippen LogP contribution in [-0.2, 0) is 23.0 Å². The van der Waals surface area contributed by atoms with Gasteiger partial charge in [-0.15, -0.1) is 0 Å². The van der Waals surface area contributed by atoms with Gasteiger partial charge in [-0.25, -0.2) is 13.3 Å². The molecule has 0 fully saturated rings. The van der Waals surface area contributed by atoms with Gasteiger partial charge in [-0.3, -0.25) is 0 Å². The Hall–Kier alpha value is -1.37. The third-order valence-corrected chi connectivity index (χ3v) is 6.82. The standard InChI is InChI=1S/C16H24N4OS/c1-16(2,19(4)5)11-20-9-8-12-13-10-18-22(21,17-3)15(13)7-6-14(12)20/h6-9H,10-11H2,1-5H3,(H,17,18,21). The molecule has 1 unspecified atom stereocenters. The second-order valence-electron chi connectivity index (χ2n) is 6.66. The lowest BCUT2D eigenvalue weighted by atomic mass is 10.0. The van der Waals surface area contributed by atoms with Crippen molar-refractivity contribution in [1.82, 2.24) is 14.2 Å². The molecule has 2 aromatic rings. The van der Waals surface area contributed by atoms with E-state index in [1.807, 2.05) is 6.07 Å². The summed E-state index contributed by atoms with van der Waals surface area (Å²) < 4.78 is 22.1. The zero-order valence-electron chi connectivity index (χ0n) is 13.9. The SMILES string of the molecule is CN=S1(=O)NCc2c1ccc1c2ccn1CC(C)(C)N(C)C. The summed E-state index contributed by atoms with van der Waals surface area (Å²) in [5, 5.41) is 1.17. The maximum Gasteiger partial charge on any atom is 0.137 e. The van der Waals surface area contributed by atoms with Gasteiger partial charge in [0.25, 0.3) is 0 Å². The summed E-state index contributed by atoms with van der Waals surface area (Å²) in [7, 11) is 3.39. The fourth-order valence-corrected chi connectivity index (χ4v) is 4.45. The van der Waals surface area contributed by atoms with Crippen molar-refractivity contribution in [3.8, 4) is 0 Å². The zero-order valence-corrected chi connectivity index (χ0v) is 14.7. The predicted octanol–water partition coefficient (Wildman–Crippen LogP) is 2.46. The number of aromatic nitrogens is 1. The highest BCUT2D eigenvalue weighted by molar-refractivity contribution is 7.92. The third-order valence-electron chi connectivity index (χ3n) is 4.79. The number of hydrogen-bond donors (Lipinski definition) is 1. The van der Waals surface area contributed by atoms with Gasteiger partial charge >= 0.3 is 0 Å². The first-order valence-corrected chi connectivity index (χ1v) is 8.98. The summed E-state index contributed by atoms with van der Waals surface area (Å²) in [6.07, 6.45) is 2.12. The van der Waals surface area contributed by atoms with E-state index in [2.05, 4.69) is 64.8 Å². The van der Waals surface area contributed by atoms with Crippen LogP contribution in [0.1, 0.15) is 19.4 Å². The Kier molecular flexibility index (Phi) is 3.58. The summed E-state index contributed by atoms with van der Waals surface area (Å²) in [5.41, 5.74) is 2.37. The molecule has 22 heavy (non-hydrogen) atoms. The van der Waals surface area contributed by atoms with E-state index in [4.69, 9.17) is 0 Å². The van der Waals surface area contributed by atoms with Crippen molar-refractivity contribution in [3.63, 3.8) is 0 Å². The van der Waals surface area contributed by atoms with Crippen molar-refractivity contribution in [2.75, 3.05) is 21.1 Å². The first-order chi connectivity index (χ1) is 10.3. The van der Waals surface area contributed by atoms with Crippen LogP contribution < -0.4 is 4.72 Å². The number of hydrogen-bond acceptors (Lipinski definition) is 3. The highest BCUT2D eigenvalue weighted by Crippen LogP contribution is 2.32. The summed E-state index contributed by atoms with van der Waals surface area (Å²) in [6.45, 7) is 5.99. The van der Waals surface area contributed by atoms with Crippen LogP contribution in [0, 0.1) is 0 Å². The highest BCUT2D eigenvalue weighted by Gasteiger charge is 2.27. The van der Waals surface area contributed by atoms with E-state index >= 15 is 0 Å². The lowest BCUT2D eigenvalue weighted by Gasteiger charge is -2.33.